The first-order valence-corrected chi connectivity index (χ1v) is 6.25. The number of ether oxygens (including phenoxy) is 1. The van der Waals surface area contributed by atoms with Crippen molar-refractivity contribution in [1.82, 2.24) is 0 Å². The highest BCUT2D eigenvalue weighted by atomic mass is 16.6. The van der Waals surface area contributed by atoms with Gasteiger partial charge in [-0.15, -0.1) is 0 Å². The Bertz CT molecular complexity index is 507. The van der Waals surface area contributed by atoms with Crippen molar-refractivity contribution in [2.45, 2.75) is 33.3 Å². The number of hydrogen-bond acceptors (Lipinski definition) is 5. The summed E-state index contributed by atoms with van der Waals surface area (Å²) < 4.78 is 5.13. The first-order valence-electron chi connectivity index (χ1n) is 6.25. The summed E-state index contributed by atoms with van der Waals surface area (Å²) >= 11 is 0. The Labute approximate surface area is 116 Å². The molecule has 0 amide bonds. The topological polar surface area (TPSA) is 86.5 Å². The number of nitro groups is 1. The lowest BCUT2D eigenvalue weighted by Gasteiger charge is -2.17. The second-order valence-electron chi connectivity index (χ2n) is 4.77. The number of carbonyl (C=O) groups is 2. The first-order chi connectivity index (χ1) is 9.31. The van der Waals surface area contributed by atoms with E-state index in [2.05, 4.69) is 0 Å². The minimum atomic E-state index is -0.705. The van der Waals surface area contributed by atoms with Crippen LogP contribution in [0.15, 0.2) is 24.3 Å². The number of hydrogen-bond donors (Lipinski definition) is 0. The summed E-state index contributed by atoms with van der Waals surface area (Å²) in [6.45, 7) is 4.80. The van der Waals surface area contributed by atoms with Crippen LogP contribution in [0, 0.1) is 16.0 Å². The molecule has 0 aliphatic rings. The maximum Gasteiger partial charge on any atom is 0.303 e. The van der Waals surface area contributed by atoms with Gasteiger partial charge in [0.05, 0.1) is 4.92 Å². The van der Waals surface area contributed by atoms with Crippen molar-refractivity contribution >= 4 is 17.4 Å². The van der Waals surface area contributed by atoms with Crippen molar-refractivity contribution in [1.29, 1.82) is 0 Å². The minimum Gasteiger partial charge on any atom is -0.457 e. The average molecular weight is 279 g/mol. The van der Waals surface area contributed by atoms with Gasteiger partial charge >= 0.3 is 5.97 Å². The van der Waals surface area contributed by atoms with Gasteiger partial charge in [0.1, 0.15) is 11.9 Å². The van der Waals surface area contributed by atoms with Gasteiger partial charge < -0.3 is 4.74 Å². The van der Waals surface area contributed by atoms with Gasteiger partial charge in [0, 0.05) is 31.4 Å². The molecule has 6 nitrogen and oxygen atoms in total. The van der Waals surface area contributed by atoms with E-state index in [0.29, 0.717) is 5.56 Å². The summed E-state index contributed by atoms with van der Waals surface area (Å²) in [5, 5.41) is 10.6. The molecule has 0 radical (unpaired) electrons. The molecule has 108 valence electrons. The van der Waals surface area contributed by atoms with Gasteiger partial charge in [-0.1, -0.05) is 13.8 Å². The molecule has 1 atom stereocenters. The Balaban J connectivity index is 2.95. The van der Waals surface area contributed by atoms with E-state index in [1.54, 1.807) is 13.8 Å². The number of ketones is 1. The monoisotopic (exact) mass is 279 g/mol. The van der Waals surface area contributed by atoms with Crippen LogP contribution in [0.3, 0.4) is 0 Å². The predicted octanol–water partition coefficient (Wildman–Crippen LogP) is 2.81. The third kappa shape index (κ3) is 4.46. The van der Waals surface area contributed by atoms with Crippen molar-refractivity contribution in [2.75, 3.05) is 0 Å². The lowest BCUT2D eigenvalue weighted by molar-refractivity contribution is -0.384. The molecule has 0 heterocycles. The first kappa shape index (κ1) is 15.8. The largest absolute Gasteiger partial charge is 0.457 e. The molecule has 0 spiro atoms. The molecule has 1 aromatic carbocycles. The van der Waals surface area contributed by atoms with Crippen LogP contribution >= 0.6 is 0 Å². The van der Waals surface area contributed by atoms with Crippen molar-refractivity contribution < 1.29 is 19.2 Å². The number of nitrogens with zero attached hydrogens (tertiary/aromatic N) is 1. The predicted molar refractivity (Wildman–Crippen MR) is 72.1 cm³/mol. The summed E-state index contributed by atoms with van der Waals surface area (Å²) in [6, 6.07) is 5.65. The zero-order valence-corrected chi connectivity index (χ0v) is 11.7. The molecular weight excluding hydrogens is 262 g/mol. The highest BCUT2D eigenvalue weighted by Crippen LogP contribution is 2.25. The second-order valence-corrected chi connectivity index (χ2v) is 4.77. The zero-order chi connectivity index (χ0) is 15.3. The summed E-state index contributed by atoms with van der Waals surface area (Å²) in [4.78, 5) is 33.0. The lowest BCUT2D eigenvalue weighted by Crippen LogP contribution is -2.16. The standard InChI is InChI=1S/C14H17NO5/c1-9(2)13(17)8-14(20-10(3)16)11-4-6-12(7-5-11)15(18)19/h4-7,9,14H,8H2,1-3H3. The molecule has 1 aromatic rings. The molecule has 0 saturated heterocycles. The van der Waals surface area contributed by atoms with Gasteiger partial charge in [-0.05, 0) is 17.7 Å². The van der Waals surface area contributed by atoms with Crippen molar-refractivity contribution in [3.05, 3.63) is 39.9 Å². The van der Waals surface area contributed by atoms with Gasteiger partial charge in [-0.2, -0.15) is 0 Å². The van der Waals surface area contributed by atoms with Gasteiger partial charge in [-0.25, -0.2) is 0 Å². The van der Waals surface area contributed by atoms with Gasteiger partial charge in [0.15, 0.2) is 0 Å². The van der Waals surface area contributed by atoms with E-state index in [9.17, 15) is 19.7 Å². The molecule has 0 aliphatic heterocycles. The third-order valence-corrected chi connectivity index (χ3v) is 2.81. The van der Waals surface area contributed by atoms with E-state index in [0.717, 1.165) is 0 Å². The number of rotatable bonds is 6. The Morgan fingerprint density at radius 1 is 1.25 bits per heavy atom. The summed E-state index contributed by atoms with van der Waals surface area (Å²) in [7, 11) is 0. The smallest absolute Gasteiger partial charge is 0.303 e. The fourth-order valence-corrected chi connectivity index (χ4v) is 1.66. The van der Waals surface area contributed by atoms with Gasteiger partial charge in [0.25, 0.3) is 5.69 Å². The molecule has 6 heteroatoms. The highest BCUT2D eigenvalue weighted by Gasteiger charge is 2.21. The number of non-ortho nitro benzene ring substituents is 1. The second kappa shape index (κ2) is 6.79. The molecule has 0 saturated carbocycles. The summed E-state index contributed by atoms with van der Waals surface area (Å²) in [5.41, 5.74) is 0.519. The SMILES string of the molecule is CC(=O)OC(CC(=O)C(C)C)c1ccc([N+](=O)[O-])cc1. The number of nitro benzene ring substituents is 1. The van der Waals surface area contributed by atoms with Crippen LogP contribution in [-0.2, 0) is 14.3 Å². The normalized spacial score (nSPS) is 12.0. The fraction of sp³-hybridized carbons (Fsp3) is 0.429. The van der Waals surface area contributed by atoms with Crippen LogP contribution in [0.25, 0.3) is 0 Å². The Hall–Kier alpha value is -2.24. The van der Waals surface area contributed by atoms with Gasteiger partial charge in [0.2, 0.25) is 0 Å². The van der Waals surface area contributed by atoms with E-state index in [-0.39, 0.29) is 23.8 Å². The van der Waals surface area contributed by atoms with Crippen LogP contribution in [0.1, 0.15) is 38.9 Å². The van der Waals surface area contributed by atoms with Crippen LogP contribution in [-0.4, -0.2) is 16.7 Å². The van der Waals surface area contributed by atoms with Crippen LogP contribution in [0.2, 0.25) is 0 Å². The number of Topliss-reactive ketones (excluding diaryl/α,β-unsaturated/α-hetero) is 1. The fourth-order valence-electron chi connectivity index (χ4n) is 1.66. The molecular formula is C14H17NO5. The Kier molecular flexibility index (Phi) is 5.37. The van der Waals surface area contributed by atoms with Crippen molar-refractivity contribution in [3.63, 3.8) is 0 Å². The van der Waals surface area contributed by atoms with E-state index in [1.807, 2.05) is 0 Å². The van der Waals surface area contributed by atoms with E-state index in [4.69, 9.17) is 4.74 Å². The highest BCUT2D eigenvalue weighted by molar-refractivity contribution is 5.81. The Morgan fingerprint density at radius 2 is 1.80 bits per heavy atom. The Morgan fingerprint density at radius 3 is 2.20 bits per heavy atom. The van der Waals surface area contributed by atoms with Crippen molar-refractivity contribution in [2.24, 2.45) is 5.92 Å². The van der Waals surface area contributed by atoms with Gasteiger partial charge in [-0.3, -0.25) is 19.7 Å². The van der Waals surface area contributed by atoms with E-state index < -0.39 is 17.0 Å². The molecule has 0 N–H and O–H groups in total. The number of benzene rings is 1. The molecule has 0 bridgehead atoms. The van der Waals surface area contributed by atoms with Crippen LogP contribution in [0.4, 0.5) is 5.69 Å². The maximum atomic E-state index is 11.8. The van der Waals surface area contributed by atoms with E-state index >= 15 is 0 Å². The molecule has 1 unspecified atom stereocenters. The molecule has 1 rings (SSSR count). The zero-order valence-electron chi connectivity index (χ0n) is 11.7. The molecule has 0 aromatic heterocycles. The third-order valence-electron chi connectivity index (χ3n) is 2.81. The maximum absolute atomic E-state index is 11.8. The number of carbonyl (C=O) groups excluding carboxylic acids is 2. The average Bonchev–Trinajstić information content (AvgIpc) is 2.37. The van der Waals surface area contributed by atoms with Crippen LogP contribution < -0.4 is 0 Å². The quantitative estimate of drug-likeness (QED) is 0.454. The minimum absolute atomic E-state index is 0.0328. The summed E-state index contributed by atoms with van der Waals surface area (Å²) in [6.07, 6.45) is -0.641. The van der Waals surface area contributed by atoms with Crippen LogP contribution in [0.5, 0.6) is 0 Å². The summed E-state index contributed by atoms with van der Waals surface area (Å²) in [5.74, 6) is -0.689. The lowest BCUT2D eigenvalue weighted by atomic mass is 9.98. The molecule has 0 fully saturated rings. The molecule has 0 aliphatic carbocycles. The number of esters is 1. The van der Waals surface area contributed by atoms with E-state index in [1.165, 1.54) is 31.2 Å². The molecule has 20 heavy (non-hydrogen) atoms. The van der Waals surface area contributed by atoms with Crippen molar-refractivity contribution in [3.8, 4) is 0 Å².